The Bertz CT molecular complexity index is 1330. The Morgan fingerprint density at radius 2 is 1.68 bits per heavy atom. The van der Waals surface area contributed by atoms with Crippen molar-refractivity contribution in [3.8, 4) is 12.3 Å². The summed E-state index contributed by atoms with van der Waals surface area (Å²) < 4.78 is 18.1. The van der Waals surface area contributed by atoms with Crippen molar-refractivity contribution in [3.05, 3.63) is 107 Å². The molecule has 1 atom stereocenters. The summed E-state index contributed by atoms with van der Waals surface area (Å²) in [4.78, 5) is 16.2. The van der Waals surface area contributed by atoms with Gasteiger partial charge in [0.1, 0.15) is 5.82 Å². The van der Waals surface area contributed by atoms with Crippen LogP contribution in [-0.2, 0) is 4.74 Å². The second kappa shape index (κ2) is 20.4. The van der Waals surface area contributed by atoms with Crippen molar-refractivity contribution >= 4 is 23.4 Å². The van der Waals surface area contributed by atoms with E-state index in [1.807, 2.05) is 44.2 Å². The maximum Gasteiger partial charge on any atom is 0.251 e. The van der Waals surface area contributed by atoms with Crippen molar-refractivity contribution in [2.24, 2.45) is 0 Å². The van der Waals surface area contributed by atoms with Gasteiger partial charge in [-0.2, -0.15) is 0 Å². The van der Waals surface area contributed by atoms with Crippen LogP contribution in [-0.4, -0.2) is 60.6 Å². The summed E-state index contributed by atoms with van der Waals surface area (Å²) in [5.41, 5.74) is 4.97. The van der Waals surface area contributed by atoms with Gasteiger partial charge in [0.2, 0.25) is 0 Å². The van der Waals surface area contributed by atoms with Crippen LogP contribution in [0.2, 0.25) is 0 Å². The number of aryl methyl sites for hydroxylation is 2. The molecule has 0 aromatic heterocycles. The van der Waals surface area contributed by atoms with Crippen LogP contribution in [0.25, 0.3) is 5.70 Å². The number of amides is 1. The maximum atomic E-state index is 12.7. The predicted octanol–water partition coefficient (Wildman–Crippen LogP) is 7.49. The molecule has 3 aromatic carbocycles. The molecule has 44 heavy (non-hydrogen) atoms. The number of aliphatic hydroxyl groups is 1. The molecule has 0 aliphatic heterocycles. The van der Waals surface area contributed by atoms with E-state index in [4.69, 9.17) is 11.2 Å². The Hall–Kier alpha value is -3.57. The van der Waals surface area contributed by atoms with Gasteiger partial charge in [-0.15, -0.1) is 18.2 Å². The third kappa shape index (κ3) is 13.8. The van der Waals surface area contributed by atoms with Crippen molar-refractivity contribution < 1.29 is 19.0 Å². The summed E-state index contributed by atoms with van der Waals surface area (Å²) >= 11 is 1.75. The molecule has 0 bridgehead atoms. The van der Waals surface area contributed by atoms with Gasteiger partial charge in [-0.3, -0.25) is 4.79 Å². The van der Waals surface area contributed by atoms with Gasteiger partial charge in [-0.1, -0.05) is 44.5 Å². The highest BCUT2D eigenvalue weighted by atomic mass is 32.2. The first-order chi connectivity index (χ1) is 21.2. The van der Waals surface area contributed by atoms with E-state index in [2.05, 4.69) is 54.8 Å². The lowest BCUT2D eigenvalue weighted by Crippen LogP contribution is -2.33. The van der Waals surface area contributed by atoms with Gasteiger partial charge in [0.15, 0.2) is 0 Å². The zero-order chi connectivity index (χ0) is 32.3. The van der Waals surface area contributed by atoms with Gasteiger partial charge in [0.05, 0.1) is 12.7 Å². The van der Waals surface area contributed by atoms with Crippen LogP contribution in [0, 0.1) is 32.0 Å². The Balaban J connectivity index is 0.000000569. The molecule has 236 valence electrons. The lowest BCUT2D eigenvalue weighted by molar-refractivity contribution is 0.0797. The standard InChI is InChI=1S/C28H40N2O3S.C9H7F/c1-5-13-30(14-6-2)23(4)24-18-22(3)19-25(20-24)28(32)29-21-26(31)12-15-33-16-17-34-27-10-8-7-9-11-27;1-3-8-4-7(2)5-9(10)6-8/h7-11,18-20,26,31H,4-6,12-17,21H2,1-3H3,(H,29,32);1,4-6H,2H3. The normalized spacial score (nSPS) is 11.1. The maximum absolute atomic E-state index is 12.7. The molecule has 1 unspecified atom stereocenters. The molecular weight excluding hydrogens is 571 g/mol. The average molecular weight is 619 g/mol. The molecule has 0 heterocycles. The van der Waals surface area contributed by atoms with Gasteiger partial charge in [-0.25, -0.2) is 4.39 Å². The lowest BCUT2D eigenvalue weighted by Gasteiger charge is -2.26. The zero-order valence-corrected chi connectivity index (χ0v) is 27.4. The second-order valence-corrected chi connectivity index (χ2v) is 11.8. The van der Waals surface area contributed by atoms with Crippen LogP contribution in [0.15, 0.2) is 78.2 Å². The fourth-order valence-corrected chi connectivity index (χ4v) is 5.26. The molecule has 3 aromatic rings. The van der Waals surface area contributed by atoms with Gasteiger partial charge in [-0.05, 0) is 98.3 Å². The molecule has 5 nitrogen and oxygen atoms in total. The molecule has 3 rings (SSSR count). The van der Waals surface area contributed by atoms with E-state index in [0.29, 0.717) is 30.8 Å². The summed E-state index contributed by atoms with van der Waals surface area (Å²) in [5.74, 6) is 2.78. The van der Waals surface area contributed by atoms with E-state index in [1.165, 1.54) is 17.0 Å². The molecule has 2 N–H and O–H groups in total. The Morgan fingerprint density at radius 3 is 2.32 bits per heavy atom. The summed E-state index contributed by atoms with van der Waals surface area (Å²) in [7, 11) is 0. The van der Waals surface area contributed by atoms with E-state index in [9.17, 15) is 14.3 Å². The smallest absolute Gasteiger partial charge is 0.251 e. The quantitative estimate of drug-likeness (QED) is 0.0990. The van der Waals surface area contributed by atoms with Crippen LogP contribution in [0.3, 0.4) is 0 Å². The fourth-order valence-electron chi connectivity index (χ4n) is 4.48. The number of hydrogen-bond acceptors (Lipinski definition) is 5. The van der Waals surface area contributed by atoms with Gasteiger partial charge in [0.25, 0.3) is 5.91 Å². The van der Waals surface area contributed by atoms with Crippen LogP contribution in [0.4, 0.5) is 4.39 Å². The van der Waals surface area contributed by atoms with Gasteiger partial charge >= 0.3 is 0 Å². The number of aliphatic hydroxyl groups excluding tert-OH is 1. The zero-order valence-electron chi connectivity index (χ0n) is 26.6. The minimum absolute atomic E-state index is 0.186. The molecule has 1 amide bonds. The minimum Gasteiger partial charge on any atom is -0.391 e. The second-order valence-electron chi connectivity index (χ2n) is 10.6. The number of terminal acetylenes is 1. The number of nitrogens with zero attached hydrogens (tertiary/aromatic N) is 1. The summed E-state index contributed by atoms with van der Waals surface area (Å²) in [6.45, 7) is 15.6. The van der Waals surface area contributed by atoms with E-state index >= 15 is 0 Å². The SMILES string of the molecule is C#Cc1cc(C)cc(F)c1.C=C(c1cc(C)cc(C(=O)NCC(O)CCOCCSc2ccccc2)c1)N(CCC)CCC. The molecule has 0 saturated heterocycles. The number of benzene rings is 3. The van der Waals surface area contributed by atoms with Gasteiger partial charge < -0.3 is 20.1 Å². The monoisotopic (exact) mass is 618 g/mol. The molecule has 0 aliphatic rings. The molecule has 7 heteroatoms. The highest BCUT2D eigenvalue weighted by Crippen LogP contribution is 2.21. The minimum atomic E-state index is -0.644. The molecule has 0 spiro atoms. The first-order valence-corrected chi connectivity index (χ1v) is 16.2. The number of rotatable bonds is 16. The highest BCUT2D eigenvalue weighted by molar-refractivity contribution is 7.99. The Labute approximate surface area is 267 Å². The number of nitrogens with one attached hydrogen (secondary N) is 1. The number of thioether (sulfide) groups is 1. The number of ether oxygens (including phenoxy) is 1. The van der Waals surface area contributed by atoms with Crippen molar-refractivity contribution in [2.45, 2.75) is 58.0 Å². The van der Waals surface area contributed by atoms with Crippen LogP contribution in [0.5, 0.6) is 0 Å². The van der Waals surface area contributed by atoms with Crippen molar-refractivity contribution in [2.75, 3.05) is 38.6 Å². The fraction of sp³-hybridized carbons (Fsp3) is 0.378. The third-order valence-corrected chi connectivity index (χ3v) is 7.56. The molecule has 0 saturated carbocycles. The molecule has 0 aliphatic carbocycles. The van der Waals surface area contributed by atoms with Crippen LogP contribution < -0.4 is 5.32 Å². The Morgan fingerprint density at radius 1 is 1.02 bits per heavy atom. The predicted molar refractivity (Wildman–Crippen MR) is 182 cm³/mol. The molecule has 0 fully saturated rings. The van der Waals surface area contributed by atoms with Crippen LogP contribution >= 0.6 is 11.8 Å². The van der Waals surface area contributed by atoms with E-state index < -0.39 is 6.10 Å². The third-order valence-electron chi connectivity index (χ3n) is 6.58. The average Bonchev–Trinajstić information content (AvgIpc) is 3.01. The largest absolute Gasteiger partial charge is 0.391 e. The number of carbonyl (C=O) groups excluding carboxylic acids is 1. The lowest BCUT2D eigenvalue weighted by atomic mass is 10.0. The number of halogens is 1. The Kier molecular flexibility index (Phi) is 17.0. The van der Waals surface area contributed by atoms with E-state index in [1.54, 1.807) is 17.8 Å². The highest BCUT2D eigenvalue weighted by Gasteiger charge is 2.14. The van der Waals surface area contributed by atoms with Crippen molar-refractivity contribution in [3.63, 3.8) is 0 Å². The first-order valence-electron chi connectivity index (χ1n) is 15.2. The first kappa shape index (κ1) is 36.6. The van der Waals surface area contributed by atoms with E-state index in [-0.39, 0.29) is 18.3 Å². The summed E-state index contributed by atoms with van der Waals surface area (Å²) in [5, 5.41) is 13.1. The van der Waals surface area contributed by atoms with Crippen LogP contribution in [0.1, 0.15) is 65.7 Å². The number of carbonyl (C=O) groups is 1. The van der Waals surface area contributed by atoms with E-state index in [0.717, 1.165) is 54.1 Å². The molecule has 0 radical (unpaired) electrons. The molecular formula is C37H47FN2O3S. The summed E-state index contributed by atoms with van der Waals surface area (Å²) in [6, 6.07) is 20.6. The summed E-state index contributed by atoms with van der Waals surface area (Å²) in [6.07, 6.45) is 7.00. The van der Waals surface area contributed by atoms with Gasteiger partial charge in [0, 0.05) is 53.7 Å². The number of hydrogen-bond donors (Lipinski definition) is 2. The van der Waals surface area contributed by atoms with Crippen molar-refractivity contribution in [1.82, 2.24) is 10.2 Å². The van der Waals surface area contributed by atoms with Crippen molar-refractivity contribution in [1.29, 1.82) is 0 Å². The topological polar surface area (TPSA) is 61.8 Å².